The van der Waals surface area contributed by atoms with Crippen molar-refractivity contribution in [3.8, 4) is 16.9 Å². The molecule has 0 bridgehead atoms. The lowest BCUT2D eigenvalue weighted by atomic mass is 10.0. The van der Waals surface area contributed by atoms with Crippen LogP contribution < -0.4 is 4.74 Å². The Bertz CT molecular complexity index is 746. The third-order valence-electron chi connectivity index (χ3n) is 3.59. The summed E-state index contributed by atoms with van der Waals surface area (Å²) in [6.07, 6.45) is 1.83. The fourth-order valence-corrected chi connectivity index (χ4v) is 2.31. The highest BCUT2D eigenvalue weighted by molar-refractivity contribution is 5.64. The second kappa shape index (κ2) is 7.09. The Morgan fingerprint density at radius 3 is 2.26 bits per heavy atom. The van der Waals surface area contributed by atoms with Crippen molar-refractivity contribution in [2.75, 3.05) is 0 Å². The van der Waals surface area contributed by atoms with E-state index in [0.717, 1.165) is 24.4 Å². The molecule has 3 rings (SSSR count). The first-order chi connectivity index (χ1) is 11.2. The molecule has 0 N–H and O–H groups in total. The monoisotopic (exact) mass is 308 g/mol. The van der Waals surface area contributed by atoms with E-state index in [9.17, 15) is 0 Å². The highest BCUT2D eigenvalue weighted by Crippen LogP contribution is 2.23. The molecule has 1 heterocycles. The minimum absolute atomic E-state index is 0.292. The van der Waals surface area contributed by atoms with E-state index in [4.69, 9.17) is 9.26 Å². The molecular weight excluding hydrogens is 288 g/mol. The van der Waals surface area contributed by atoms with Gasteiger partial charge in [-0.25, -0.2) is 0 Å². The summed E-state index contributed by atoms with van der Waals surface area (Å²) in [5.74, 6) is 2.04. The van der Waals surface area contributed by atoms with E-state index in [-0.39, 0.29) is 0 Å². The van der Waals surface area contributed by atoms with Crippen molar-refractivity contribution in [3.05, 3.63) is 65.8 Å². The van der Waals surface area contributed by atoms with E-state index < -0.39 is 0 Å². The Hall–Kier alpha value is -2.62. The first kappa shape index (κ1) is 15.3. The fourth-order valence-electron chi connectivity index (χ4n) is 2.31. The van der Waals surface area contributed by atoms with Crippen molar-refractivity contribution in [2.45, 2.75) is 33.3 Å². The maximum atomic E-state index is 5.70. The standard InChI is InChI=1S/C19H20N2O2/c1-3-4-18-20-19(23-21-18)13-22-17-11-9-16(10-12-17)15-7-5-14(2)6-8-15/h5-12H,3-4,13H2,1-2H3. The second-order valence-electron chi connectivity index (χ2n) is 5.53. The van der Waals surface area contributed by atoms with E-state index in [1.165, 1.54) is 16.7 Å². The van der Waals surface area contributed by atoms with Gasteiger partial charge >= 0.3 is 0 Å². The summed E-state index contributed by atoms with van der Waals surface area (Å²) in [6.45, 7) is 4.47. The van der Waals surface area contributed by atoms with Crippen molar-refractivity contribution < 1.29 is 9.26 Å². The van der Waals surface area contributed by atoms with Crippen LogP contribution in [0.5, 0.6) is 5.75 Å². The van der Waals surface area contributed by atoms with Gasteiger partial charge in [0.05, 0.1) is 0 Å². The largest absolute Gasteiger partial charge is 0.484 e. The molecular formula is C19H20N2O2. The summed E-state index contributed by atoms with van der Waals surface area (Å²) in [5.41, 5.74) is 3.62. The van der Waals surface area contributed by atoms with Gasteiger partial charge in [0.2, 0.25) is 0 Å². The van der Waals surface area contributed by atoms with Gasteiger partial charge < -0.3 is 9.26 Å². The van der Waals surface area contributed by atoms with Gasteiger partial charge in [0.15, 0.2) is 12.4 Å². The summed E-state index contributed by atoms with van der Waals surface area (Å²) in [5, 5.41) is 3.91. The van der Waals surface area contributed by atoms with Crippen LogP contribution in [0.15, 0.2) is 53.1 Å². The molecule has 0 aliphatic rings. The van der Waals surface area contributed by atoms with Crippen molar-refractivity contribution in [1.29, 1.82) is 0 Å². The lowest BCUT2D eigenvalue weighted by molar-refractivity contribution is 0.242. The summed E-state index contributed by atoms with van der Waals surface area (Å²) < 4.78 is 10.9. The van der Waals surface area contributed by atoms with Gasteiger partial charge in [-0.2, -0.15) is 4.98 Å². The summed E-state index contributed by atoms with van der Waals surface area (Å²) in [4.78, 5) is 4.29. The van der Waals surface area contributed by atoms with E-state index in [1.54, 1.807) is 0 Å². The number of nitrogens with zero attached hydrogens (tertiary/aromatic N) is 2. The molecule has 2 aromatic carbocycles. The Labute approximate surface area is 136 Å². The Balaban J connectivity index is 1.61. The number of rotatable bonds is 6. The molecule has 0 unspecified atom stereocenters. The van der Waals surface area contributed by atoms with Crippen LogP contribution >= 0.6 is 0 Å². The molecule has 0 amide bonds. The van der Waals surface area contributed by atoms with Crippen LogP contribution in [0.1, 0.15) is 30.6 Å². The maximum Gasteiger partial charge on any atom is 0.264 e. The van der Waals surface area contributed by atoms with Crippen molar-refractivity contribution in [2.24, 2.45) is 0 Å². The van der Waals surface area contributed by atoms with E-state index in [1.807, 2.05) is 12.1 Å². The second-order valence-corrected chi connectivity index (χ2v) is 5.53. The quantitative estimate of drug-likeness (QED) is 0.669. The topological polar surface area (TPSA) is 48.2 Å². The number of hydrogen-bond donors (Lipinski definition) is 0. The number of hydrogen-bond acceptors (Lipinski definition) is 4. The van der Waals surface area contributed by atoms with Gasteiger partial charge in [0, 0.05) is 6.42 Å². The number of aryl methyl sites for hydroxylation is 2. The Kier molecular flexibility index (Phi) is 4.71. The highest BCUT2D eigenvalue weighted by Gasteiger charge is 2.06. The third kappa shape index (κ3) is 3.97. The first-order valence-electron chi connectivity index (χ1n) is 7.86. The minimum Gasteiger partial charge on any atom is -0.484 e. The summed E-state index contributed by atoms with van der Waals surface area (Å²) in [6, 6.07) is 16.5. The van der Waals surface area contributed by atoms with Gasteiger partial charge in [0.25, 0.3) is 5.89 Å². The van der Waals surface area contributed by atoms with Gasteiger partial charge in [0.1, 0.15) is 5.75 Å². The zero-order valence-corrected chi connectivity index (χ0v) is 13.5. The molecule has 0 radical (unpaired) electrons. The van der Waals surface area contributed by atoms with E-state index in [2.05, 4.69) is 60.4 Å². The maximum absolute atomic E-state index is 5.70. The van der Waals surface area contributed by atoms with Gasteiger partial charge in [-0.3, -0.25) is 0 Å². The normalized spacial score (nSPS) is 10.7. The molecule has 0 spiro atoms. The van der Waals surface area contributed by atoms with Crippen molar-refractivity contribution >= 4 is 0 Å². The molecule has 0 saturated carbocycles. The predicted molar refractivity (Wildman–Crippen MR) is 89.2 cm³/mol. The lowest BCUT2D eigenvalue weighted by Crippen LogP contribution is -1.96. The highest BCUT2D eigenvalue weighted by atomic mass is 16.5. The van der Waals surface area contributed by atoms with Crippen LogP contribution in [-0.4, -0.2) is 10.1 Å². The van der Waals surface area contributed by atoms with Gasteiger partial charge in [-0.05, 0) is 36.6 Å². The van der Waals surface area contributed by atoms with Crippen molar-refractivity contribution in [3.63, 3.8) is 0 Å². The lowest BCUT2D eigenvalue weighted by Gasteiger charge is -2.06. The van der Waals surface area contributed by atoms with Crippen LogP contribution in [0.2, 0.25) is 0 Å². The van der Waals surface area contributed by atoms with E-state index in [0.29, 0.717) is 12.5 Å². The predicted octanol–water partition coefficient (Wildman–Crippen LogP) is 4.58. The molecule has 4 nitrogen and oxygen atoms in total. The molecule has 0 saturated heterocycles. The summed E-state index contributed by atoms with van der Waals surface area (Å²) >= 11 is 0. The van der Waals surface area contributed by atoms with Crippen molar-refractivity contribution in [1.82, 2.24) is 10.1 Å². The third-order valence-corrected chi connectivity index (χ3v) is 3.59. The van der Waals surface area contributed by atoms with Crippen LogP contribution in [0.25, 0.3) is 11.1 Å². The first-order valence-corrected chi connectivity index (χ1v) is 7.86. The zero-order valence-electron chi connectivity index (χ0n) is 13.5. The molecule has 3 aromatic rings. The number of benzene rings is 2. The smallest absolute Gasteiger partial charge is 0.264 e. The molecule has 4 heteroatoms. The molecule has 0 atom stereocenters. The average Bonchev–Trinajstić information content (AvgIpc) is 3.02. The van der Waals surface area contributed by atoms with E-state index >= 15 is 0 Å². The minimum atomic E-state index is 0.292. The molecule has 0 fully saturated rings. The zero-order chi connectivity index (χ0) is 16.1. The number of aromatic nitrogens is 2. The molecule has 1 aromatic heterocycles. The van der Waals surface area contributed by atoms with Gasteiger partial charge in [-0.1, -0.05) is 54.0 Å². The van der Waals surface area contributed by atoms with Crippen LogP contribution in [0, 0.1) is 6.92 Å². The van der Waals surface area contributed by atoms with Crippen LogP contribution in [0.4, 0.5) is 0 Å². The average molecular weight is 308 g/mol. The fraction of sp³-hybridized carbons (Fsp3) is 0.263. The number of ether oxygens (including phenoxy) is 1. The SMILES string of the molecule is CCCc1noc(COc2ccc(-c3ccc(C)cc3)cc2)n1. The Morgan fingerprint density at radius 1 is 0.957 bits per heavy atom. The van der Waals surface area contributed by atoms with Crippen LogP contribution in [0.3, 0.4) is 0 Å². The molecule has 0 aliphatic carbocycles. The van der Waals surface area contributed by atoms with Gasteiger partial charge in [-0.15, -0.1) is 0 Å². The molecule has 23 heavy (non-hydrogen) atoms. The van der Waals surface area contributed by atoms with Crippen LogP contribution in [-0.2, 0) is 13.0 Å². The Morgan fingerprint density at radius 2 is 1.61 bits per heavy atom. The molecule has 0 aliphatic heterocycles. The molecule has 118 valence electrons. The summed E-state index contributed by atoms with van der Waals surface area (Å²) in [7, 11) is 0.